The number of thioether (sulfide) groups is 1. The summed E-state index contributed by atoms with van der Waals surface area (Å²) in [6, 6.07) is 21.7. The van der Waals surface area contributed by atoms with Crippen molar-refractivity contribution in [1.82, 2.24) is 9.80 Å². The Labute approximate surface area is 258 Å². The molecule has 2 atom stereocenters. The molecule has 3 aliphatic heterocycles. The number of amidine groups is 1. The lowest BCUT2D eigenvalue weighted by Crippen LogP contribution is -2.43. The van der Waals surface area contributed by atoms with E-state index in [-0.39, 0.29) is 25.0 Å². The Morgan fingerprint density at radius 1 is 1.07 bits per heavy atom. The molecule has 2 saturated heterocycles. The van der Waals surface area contributed by atoms with Gasteiger partial charge in [0.15, 0.2) is 5.17 Å². The van der Waals surface area contributed by atoms with Crippen molar-refractivity contribution in [3.8, 4) is 0 Å². The first-order chi connectivity index (χ1) is 21.4. The summed E-state index contributed by atoms with van der Waals surface area (Å²) in [5, 5.41) is 2.79. The minimum atomic E-state index is -0.632. The van der Waals surface area contributed by atoms with Gasteiger partial charge in [0.1, 0.15) is 29.5 Å². The number of ether oxygens (including phenoxy) is 2. The average Bonchev–Trinajstić information content (AvgIpc) is 3.80. The molecule has 44 heavy (non-hydrogen) atoms. The molecular weight excluding hydrogens is 583 g/mol. The largest absolute Gasteiger partial charge is 0.496 e. The van der Waals surface area contributed by atoms with E-state index in [9.17, 15) is 18.8 Å². The third-order valence-corrected chi connectivity index (χ3v) is 8.78. The van der Waals surface area contributed by atoms with Gasteiger partial charge in [0.25, 0.3) is 0 Å². The second-order valence-corrected chi connectivity index (χ2v) is 11.7. The van der Waals surface area contributed by atoms with Gasteiger partial charge in [-0.05, 0) is 60.4 Å². The molecule has 3 aromatic carbocycles. The van der Waals surface area contributed by atoms with Gasteiger partial charge < -0.3 is 14.8 Å². The molecule has 1 N–H and O–H groups in total. The number of benzene rings is 3. The minimum absolute atomic E-state index is 0.139. The smallest absolute Gasteiger partial charge is 0.410 e. The summed E-state index contributed by atoms with van der Waals surface area (Å²) >= 11 is 1.29. The second-order valence-electron chi connectivity index (χ2n) is 10.6. The molecule has 1 unspecified atom stereocenters. The van der Waals surface area contributed by atoms with Crippen LogP contribution in [0, 0.1) is 5.82 Å². The monoisotopic (exact) mass is 614 g/mol. The van der Waals surface area contributed by atoms with Crippen LogP contribution < -0.4 is 5.32 Å². The second kappa shape index (κ2) is 13.3. The zero-order valence-corrected chi connectivity index (χ0v) is 24.7. The summed E-state index contributed by atoms with van der Waals surface area (Å²) in [6.07, 6.45) is 3.47. The Morgan fingerprint density at radius 3 is 2.64 bits per heavy atom. The van der Waals surface area contributed by atoms with Crippen molar-refractivity contribution in [2.45, 2.75) is 37.2 Å². The number of hydrogen-bond donors (Lipinski definition) is 1. The number of halogens is 1. The lowest BCUT2D eigenvalue weighted by atomic mass is 10.1. The Morgan fingerprint density at radius 2 is 1.89 bits per heavy atom. The third kappa shape index (κ3) is 6.78. The number of aliphatic imine (C=N–C) groups is 1. The van der Waals surface area contributed by atoms with E-state index in [1.807, 2.05) is 36.4 Å². The first-order valence-corrected chi connectivity index (χ1v) is 15.3. The zero-order valence-electron chi connectivity index (χ0n) is 23.9. The summed E-state index contributed by atoms with van der Waals surface area (Å²) in [4.78, 5) is 47.1. The molecule has 0 bridgehead atoms. The van der Waals surface area contributed by atoms with E-state index < -0.39 is 23.2 Å². The highest BCUT2D eigenvalue weighted by Gasteiger charge is 2.40. The highest BCUT2D eigenvalue weighted by atomic mass is 32.2. The van der Waals surface area contributed by atoms with Crippen LogP contribution in [0.25, 0.3) is 0 Å². The first-order valence-electron chi connectivity index (χ1n) is 14.5. The Kier molecular flexibility index (Phi) is 8.92. The van der Waals surface area contributed by atoms with Crippen LogP contribution in [-0.4, -0.2) is 58.6 Å². The van der Waals surface area contributed by atoms with Crippen molar-refractivity contribution >= 4 is 46.2 Å². The van der Waals surface area contributed by atoms with E-state index in [4.69, 9.17) is 9.47 Å². The molecule has 2 fully saturated rings. The van der Waals surface area contributed by atoms with Crippen LogP contribution in [0.3, 0.4) is 0 Å². The molecule has 0 aliphatic carbocycles. The molecule has 3 amide bonds. The summed E-state index contributed by atoms with van der Waals surface area (Å²) < 4.78 is 24.9. The number of carbonyl (C=O) groups excluding carboxylic acids is 3. The number of nitrogens with one attached hydrogen (secondary N) is 1. The van der Waals surface area contributed by atoms with Crippen molar-refractivity contribution in [2.75, 3.05) is 25.0 Å². The van der Waals surface area contributed by atoms with Crippen molar-refractivity contribution in [1.29, 1.82) is 0 Å². The van der Waals surface area contributed by atoms with Gasteiger partial charge in [0.2, 0.25) is 11.8 Å². The fraction of sp³-hybridized carbons (Fsp3) is 0.273. The molecule has 0 saturated carbocycles. The molecule has 0 aromatic heterocycles. The van der Waals surface area contributed by atoms with Crippen molar-refractivity contribution in [2.24, 2.45) is 4.99 Å². The average molecular weight is 615 g/mol. The van der Waals surface area contributed by atoms with Gasteiger partial charge in [0, 0.05) is 18.7 Å². The molecular formula is C33H31FN4O5S. The summed E-state index contributed by atoms with van der Waals surface area (Å²) in [7, 11) is 0. The van der Waals surface area contributed by atoms with Crippen molar-refractivity contribution < 1.29 is 28.2 Å². The SMILES string of the molecule is O=C(Nc1ccc(C2SC(=Nc3cccc(F)c3)N(CC3=CCCO3)C2=O)cc1)[C@@H]1CCCN1C(=O)OCc1ccccc1. The predicted octanol–water partition coefficient (Wildman–Crippen LogP) is 6.17. The molecule has 6 rings (SSSR count). The zero-order chi connectivity index (χ0) is 30.5. The number of amides is 3. The van der Waals surface area contributed by atoms with Gasteiger partial charge in [-0.25, -0.2) is 14.2 Å². The fourth-order valence-electron chi connectivity index (χ4n) is 5.32. The van der Waals surface area contributed by atoms with Crippen LogP contribution >= 0.6 is 11.8 Å². The highest BCUT2D eigenvalue weighted by molar-refractivity contribution is 8.15. The minimum Gasteiger partial charge on any atom is -0.496 e. The number of hydrogen-bond acceptors (Lipinski definition) is 7. The van der Waals surface area contributed by atoms with Crippen LogP contribution in [0.15, 0.2) is 95.7 Å². The standard InChI is InChI=1S/C33H31FN4O5S/c34-24-9-4-10-26(19-24)36-32-38(20-27-11-6-18-42-27)31(40)29(44-32)23-13-15-25(16-14-23)35-30(39)28-12-5-17-37(28)33(41)43-21-22-7-2-1-3-8-22/h1-4,7-11,13-16,19,28-29H,5-6,12,17-18,20-21H2,(H,35,39)/t28-,29?/m0/s1. The van der Waals surface area contributed by atoms with Crippen LogP contribution in [0.2, 0.25) is 0 Å². The number of carbonyl (C=O) groups is 3. The van der Waals surface area contributed by atoms with Gasteiger partial charge in [-0.3, -0.25) is 19.4 Å². The Hall–Kier alpha value is -4.64. The van der Waals surface area contributed by atoms with Crippen LogP contribution in [0.5, 0.6) is 0 Å². The molecule has 9 nitrogen and oxygen atoms in total. The van der Waals surface area contributed by atoms with E-state index >= 15 is 0 Å². The van der Waals surface area contributed by atoms with Crippen LogP contribution in [0.1, 0.15) is 35.6 Å². The number of nitrogens with zero attached hydrogens (tertiary/aromatic N) is 3. The molecule has 3 aliphatic rings. The summed E-state index contributed by atoms with van der Waals surface area (Å²) in [5.74, 6) is -0.157. The van der Waals surface area contributed by atoms with Crippen LogP contribution in [0.4, 0.5) is 20.6 Å². The lowest BCUT2D eigenvalue weighted by Gasteiger charge is -2.23. The van der Waals surface area contributed by atoms with Gasteiger partial charge in [-0.15, -0.1) is 0 Å². The summed E-state index contributed by atoms with van der Waals surface area (Å²) in [5.41, 5.74) is 2.57. The lowest BCUT2D eigenvalue weighted by molar-refractivity contribution is -0.126. The summed E-state index contributed by atoms with van der Waals surface area (Å²) in [6.45, 7) is 1.41. The van der Waals surface area contributed by atoms with Crippen molar-refractivity contribution in [3.05, 3.63) is 108 Å². The quantitative estimate of drug-likeness (QED) is 0.326. The molecule has 0 radical (unpaired) electrons. The van der Waals surface area contributed by atoms with Gasteiger partial charge >= 0.3 is 6.09 Å². The maximum atomic E-state index is 13.8. The molecule has 226 valence electrons. The van der Waals surface area contributed by atoms with E-state index in [0.29, 0.717) is 48.3 Å². The third-order valence-electron chi connectivity index (χ3n) is 7.54. The number of likely N-dealkylation sites (tertiary alicyclic amines) is 1. The fourth-order valence-corrected chi connectivity index (χ4v) is 6.49. The first kappa shape index (κ1) is 29.4. The number of anilines is 1. The van der Waals surface area contributed by atoms with Gasteiger partial charge in [0.05, 0.1) is 18.8 Å². The Balaban J connectivity index is 1.12. The van der Waals surface area contributed by atoms with Gasteiger partial charge in [-0.2, -0.15) is 0 Å². The van der Waals surface area contributed by atoms with Crippen LogP contribution in [-0.2, 0) is 25.7 Å². The Bertz CT molecular complexity index is 1600. The molecule has 0 spiro atoms. The molecule has 3 aromatic rings. The molecule has 11 heteroatoms. The normalized spacial score (nSPS) is 20.5. The molecule has 3 heterocycles. The van der Waals surface area contributed by atoms with E-state index in [0.717, 1.165) is 17.5 Å². The maximum absolute atomic E-state index is 13.8. The van der Waals surface area contributed by atoms with E-state index in [2.05, 4.69) is 10.3 Å². The number of rotatable bonds is 8. The van der Waals surface area contributed by atoms with Crippen molar-refractivity contribution in [3.63, 3.8) is 0 Å². The van der Waals surface area contributed by atoms with E-state index in [1.165, 1.54) is 28.8 Å². The predicted molar refractivity (Wildman–Crippen MR) is 166 cm³/mol. The topological polar surface area (TPSA) is 101 Å². The van der Waals surface area contributed by atoms with E-state index in [1.54, 1.807) is 41.3 Å². The maximum Gasteiger partial charge on any atom is 0.410 e. The highest BCUT2D eigenvalue weighted by Crippen LogP contribution is 2.41. The van der Waals surface area contributed by atoms with Gasteiger partial charge in [-0.1, -0.05) is 60.3 Å².